The number of rotatable bonds is 8. The summed E-state index contributed by atoms with van der Waals surface area (Å²) >= 11 is 0. The Bertz CT molecular complexity index is 104. The highest BCUT2D eigenvalue weighted by Crippen LogP contribution is 2.18. The smallest absolute Gasteiger partial charge is 0.128 e. The van der Waals surface area contributed by atoms with E-state index in [1.54, 1.807) is 0 Å². The number of aliphatic hydroxyl groups excluding tert-OH is 1. The van der Waals surface area contributed by atoms with Crippen molar-refractivity contribution < 1.29 is 5.11 Å². The third-order valence-corrected chi connectivity index (χ3v) is 2.38. The Morgan fingerprint density at radius 2 is 2.25 bits per heavy atom. The van der Waals surface area contributed by atoms with Gasteiger partial charge in [-0.2, -0.15) is 0 Å². The van der Waals surface area contributed by atoms with E-state index in [1.807, 2.05) is 6.08 Å². The first-order valence-corrected chi connectivity index (χ1v) is 5.06. The van der Waals surface area contributed by atoms with Gasteiger partial charge in [0, 0.05) is 6.61 Å². The van der Waals surface area contributed by atoms with Gasteiger partial charge in [0.25, 0.3) is 0 Å². The molecule has 0 unspecified atom stereocenters. The standard InChI is InChI=1S/C10H21BO/c1-3-8-11-10(4-2)7-5-6-9-12/h3,10-12H,1,4-9H2,2H3/t10-/m1/s1. The number of allylic oxidation sites excluding steroid dienone is 1. The molecule has 0 aliphatic carbocycles. The van der Waals surface area contributed by atoms with Crippen LogP contribution in [-0.4, -0.2) is 19.0 Å². The summed E-state index contributed by atoms with van der Waals surface area (Å²) in [5, 5.41) is 8.61. The molecule has 70 valence electrons. The summed E-state index contributed by atoms with van der Waals surface area (Å²) in [5.74, 6) is 0.842. The zero-order valence-electron chi connectivity index (χ0n) is 8.26. The van der Waals surface area contributed by atoms with E-state index in [0.717, 1.165) is 18.6 Å². The minimum absolute atomic E-state index is 0.345. The lowest BCUT2D eigenvalue weighted by atomic mass is 9.59. The van der Waals surface area contributed by atoms with Crippen LogP contribution in [-0.2, 0) is 0 Å². The molecule has 0 aliphatic heterocycles. The Hall–Kier alpha value is -0.235. The quantitative estimate of drug-likeness (QED) is 0.335. The van der Waals surface area contributed by atoms with E-state index in [4.69, 9.17) is 5.11 Å². The van der Waals surface area contributed by atoms with Crippen LogP contribution >= 0.6 is 0 Å². The molecule has 0 rings (SSSR count). The first kappa shape index (κ1) is 11.8. The molecular weight excluding hydrogens is 147 g/mol. The van der Waals surface area contributed by atoms with Gasteiger partial charge in [-0.05, 0) is 6.42 Å². The van der Waals surface area contributed by atoms with Gasteiger partial charge in [-0.15, -0.1) is 6.58 Å². The molecule has 0 bridgehead atoms. The molecule has 1 atom stereocenters. The lowest BCUT2D eigenvalue weighted by molar-refractivity contribution is 0.282. The average Bonchev–Trinajstić information content (AvgIpc) is 2.11. The fourth-order valence-electron chi connectivity index (χ4n) is 1.45. The maximum Gasteiger partial charge on any atom is 0.128 e. The van der Waals surface area contributed by atoms with E-state index >= 15 is 0 Å². The molecule has 1 N–H and O–H groups in total. The Morgan fingerprint density at radius 3 is 2.75 bits per heavy atom. The lowest BCUT2D eigenvalue weighted by Gasteiger charge is -2.11. The van der Waals surface area contributed by atoms with Gasteiger partial charge < -0.3 is 5.11 Å². The maximum atomic E-state index is 8.61. The fraction of sp³-hybridized carbons (Fsp3) is 0.800. The molecule has 0 radical (unpaired) electrons. The summed E-state index contributed by atoms with van der Waals surface area (Å²) in [7, 11) is 1.27. The van der Waals surface area contributed by atoms with Crippen molar-refractivity contribution in [1.82, 2.24) is 0 Å². The van der Waals surface area contributed by atoms with Gasteiger partial charge in [-0.25, -0.2) is 0 Å². The second kappa shape index (κ2) is 8.86. The second-order valence-electron chi connectivity index (χ2n) is 3.36. The molecule has 0 fully saturated rings. The molecule has 1 nitrogen and oxygen atoms in total. The van der Waals surface area contributed by atoms with Gasteiger partial charge in [0.05, 0.1) is 0 Å². The zero-order valence-corrected chi connectivity index (χ0v) is 8.26. The minimum atomic E-state index is 0.345. The molecule has 0 aliphatic rings. The van der Waals surface area contributed by atoms with Gasteiger partial charge in [0.2, 0.25) is 0 Å². The zero-order chi connectivity index (χ0) is 9.23. The molecule has 0 aromatic heterocycles. The molecule has 0 spiro atoms. The van der Waals surface area contributed by atoms with Crippen LogP contribution in [0.5, 0.6) is 0 Å². The monoisotopic (exact) mass is 168 g/mol. The van der Waals surface area contributed by atoms with E-state index in [1.165, 1.54) is 26.5 Å². The van der Waals surface area contributed by atoms with Crippen LogP contribution in [0.15, 0.2) is 12.7 Å². The number of hydrogen-bond donors (Lipinski definition) is 1. The molecule has 0 aromatic rings. The van der Waals surface area contributed by atoms with Crippen molar-refractivity contribution in [3.05, 3.63) is 12.7 Å². The molecule has 2 heteroatoms. The van der Waals surface area contributed by atoms with Crippen molar-refractivity contribution in [2.45, 2.75) is 44.7 Å². The third-order valence-electron chi connectivity index (χ3n) is 2.38. The van der Waals surface area contributed by atoms with Gasteiger partial charge in [0.1, 0.15) is 7.28 Å². The van der Waals surface area contributed by atoms with Crippen molar-refractivity contribution in [2.24, 2.45) is 0 Å². The number of hydrogen-bond acceptors (Lipinski definition) is 1. The fourth-order valence-corrected chi connectivity index (χ4v) is 1.45. The molecule has 0 heterocycles. The maximum absolute atomic E-state index is 8.61. The Kier molecular flexibility index (Phi) is 8.68. The Labute approximate surface area is 77.1 Å². The molecule has 0 amide bonds. The predicted octanol–water partition coefficient (Wildman–Crippen LogP) is 2.39. The normalized spacial score (nSPS) is 12.5. The van der Waals surface area contributed by atoms with Gasteiger partial charge >= 0.3 is 0 Å². The van der Waals surface area contributed by atoms with Crippen LogP contribution in [0.2, 0.25) is 12.1 Å². The van der Waals surface area contributed by atoms with Gasteiger partial charge in [-0.1, -0.05) is 44.4 Å². The van der Waals surface area contributed by atoms with Crippen molar-refractivity contribution in [3.8, 4) is 0 Å². The van der Waals surface area contributed by atoms with Crippen molar-refractivity contribution in [3.63, 3.8) is 0 Å². The van der Waals surface area contributed by atoms with Gasteiger partial charge in [0.15, 0.2) is 0 Å². The molecular formula is C10H21BO. The highest BCUT2D eigenvalue weighted by molar-refractivity contribution is 6.38. The molecule has 12 heavy (non-hydrogen) atoms. The van der Waals surface area contributed by atoms with E-state index in [9.17, 15) is 0 Å². The first-order valence-electron chi connectivity index (χ1n) is 5.06. The second-order valence-corrected chi connectivity index (χ2v) is 3.36. The van der Waals surface area contributed by atoms with Crippen LogP contribution in [0.25, 0.3) is 0 Å². The summed E-state index contributed by atoms with van der Waals surface area (Å²) in [6.07, 6.45) is 7.80. The summed E-state index contributed by atoms with van der Waals surface area (Å²) in [6.45, 7) is 6.31. The first-order chi connectivity index (χ1) is 5.85. The highest BCUT2D eigenvalue weighted by atomic mass is 16.2. The van der Waals surface area contributed by atoms with E-state index < -0.39 is 0 Å². The van der Waals surface area contributed by atoms with Crippen LogP contribution in [0.4, 0.5) is 0 Å². The van der Waals surface area contributed by atoms with Crippen LogP contribution in [0, 0.1) is 0 Å². The van der Waals surface area contributed by atoms with Gasteiger partial charge in [-0.3, -0.25) is 0 Å². The largest absolute Gasteiger partial charge is 0.396 e. The average molecular weight is 168 g/mol. The summed E-state index contributed by atoms with van der Waals surface area (Å²) < 4.78 is 0. The minimum Gasteiger partial charge on any atom is -0.396 e. The topological polar surface area (TPSA) is 20.2 Å². The Balaban J connectivity index is 3.32. The van der Waals surface area contributed by atoms with Crippen molar-refractivity contribution >= 4 is 7.28 Å². The van der Waals surface area contributed by atoms with Crippen molar-refractivity contribution in [2.75, 3.05) is 6.61 Å². The summed E-state index contributed by atoms with van der Waals surface area (Å²) in [5.41, 5.74) is 0. The summed E-state index contributed by atoms with van der Waals surface area (Å²) in [6, 6.07) is 0. The van der Waals surface area contributed by atoms with Crippen LogP contribution < -0.4 is 0 Å². The summed E-state index contributed by atoms with van der Waals surface area (Å²) in [4.78, 5) is 0. The molecule has 0 saturated heterocycles. The van der Waals surface area contributed by atoms with E-state index in [2.05, 4.69) is 13.5 Å². The van der Waals surface area contributed by atoms with Crippen LogP contribution in [0.1, 0.15) is 32.6 Å². The number of unbranched alkanes of at least 4 members (excludes halogenated alkanes) is 1. The Morgan fingerprint density at radius 1 is 1.50 bits per heavy atom. The van der Waals surface area contributed by atoms with E-state index in [-0.39, 0.29) is 0 Å². The molecule has 0 aromatic carbocycles. The van der Waals surface area contributed by atoms with E-state index in [0.29, 0.717) is 6.61 Å². The predicted molar refractivity (Wildman–Crippen MR) is 57.1 cm³/mol. The third kappa shape index (κ3) is 6.47. The van der Waals surface area contributed by atoms with Crippen molar-refractivity contribution in [1.29, 1.82) is 0 Å². The SMILES string of the molecule is C=CCB[C@H](CC)CCCCO. The molecule has 0 saturated carbocycles. The number of aliphatic hydroxyl groups is 1. The highest BCUT2D eigenvalue weighted by Gasteiger charge is 2.05. The van der Waals surface area contributed by atoms with Crippen LogP contribution in [0.3, 0.4) is 0 Å². The lowest BCUT2D eigenvalue weighted by Crippen LogP contribution is -2.01.